The first-order valence-corrected chi connectivity index (χ1v) is 4.35. The Balaban J connectivity index is 2.85. The lowest BCUT2D eigenvalue weighted by atomic mass is 10.0. The zero-order chi connectivity index (χ0) is 11.4. The fraction of sp³-hybridized carbons (Fsp3) is 0.300. The summed E-state index contributed by atoms with van der Waals surface area (Å²) in [5.74, 6) is -1.15. The van der Waals surface area contributed by atoms with Crippen LogP contribution >= 0.6 is 0 Å². The number of halogens is 1. The summed E-state index contributed by atoms with van der Waals surface area (Å²) in [7, 11) is 1.24. The van der Waals surface area contributed by atoms with Crippen LogP contribution in [0.15, 0.2) is 18.2 Å². The van der Waals surface area contributed by atoms with Gasteiger partial charge in [0.2, 0.25) is 0 Å². The Labute approximate surface area is 86.5 Å². The molecule has 1 rings (SSSR count). The predicted octanol–water partition coefficient (Wildman–Crippen LogP) is 1.09. The Morgan fingerprint density at radius 3 is 2.93 bits per heavy atom. The molecule has 0 aliphatic carbocycles. The van der Waals surface area contributed by atoms with E-state index in [1.54, 1.807) is 0 Å². The van der Waals surface area contributed by atoms with Gasteiger partial charge in [0.1, 0.15) is 11.6 Å². The van der Waals surface area contributed by atoms with Crippen LogP contribution in [0.4, 0.5) is 4.39 Å². The third-order valence-corrected chi connectivity index (χ3v) is 2.00. The summed E-state index contributed by atoms with van der Waals surface area (Å²) in [6.45, 7) is 0. The highest BCUT2D eigenvalue weighted by Gasteiger charge is 2.15. The van der Waals surface area contributed by atoms with Crippen molar-refractivity contribution in [2.75, 3.05) is 7.11 Å². The van der Waals surface area contributed by atoms with Crippen molar-refractivity contribution in [1.82, 2.24) is 0 Å². The summed E-state index contributed by atoms with van der Waals surface area (Å²) in [5, 5.41) is 9.39. The van der Waals surface area contributed by atoms with Crippen molar-refractivity contribution in [3.63, 3.8) is 0 Å². The first-order chi connectivity index (χ1) is 7.04. The average molecular weight is 213 g/mol. The SMILES string of the molecule is COC(=O)C[C@H](N)c1cc(F)ccc1O. The minimum absolute atomic E-state index is 0.104. The molecule has 1 aromatic rings. The van der Waals surface area contributed by atoms with Gasteiger partial charge in [-0.3, -0.25) is 4.79 Å². The Morgan fingerprint density at radius 1 is 1.67 bits per heavy atom. The van der Waals surface area contributed by atoms with E-state index in [4.69, 9.17) is 5.73 Å². The lowest BCUT2D eigenvalue weighted by Gasteiger charge is -2.12. The van der Waals surface area contributed by atoms with E-state index in [2.05, 4.69) is 4.74 Å². The van der Waals surface area contributed by atoms with Gasteiger partial charge in [-0.25, -0.2) is 4.39 Å². The van der Waals surface area contributed by atoms with Gasteiger partial charge in [0.05, 0.1) is 13.5 Å². The molecule has 0 radical (unpaired) electrons. The number of nitrogens with two attached hydrogens (primary N) is 1. The van der Waals surface area contributed by atoms with Crippen LogP contribution in [0.3, 0.4) is 0 Å². The topological polar surface area (TPSA) is 72.5 Å². The Morgan fingerprint density at radius 2 is 2.33 bits per heavy atom. The Bertz CT molecular complexity index is 368. The molecule has 0 amide bonds. The van der Waals surface area contributed by atoms with E-state index >= 15 is 0 Å². The summed E-state index contributed by atoms with van der Waals surface area (Å²) < 4.78 is 17.3. The van der Waals surface area contributed by atoms with E-state index in [0.717, 1.165) is 12.1 Å². The largest absolute Gasteiger partial charge is 0.508 e. The average Bonchev–Trinajstić information content (AvgIpc) is 2.21. The van der Waals surface area contributed by atoms with Gasteiger partial charge in [-0.15, -0.1) is 0 Å². The van der Waals surface area contributed by atoms with Gasteiger partial charge in [0.15, 0.2) is 0 Å². The molecule has 0 aromatic heterocycles. The number of esters is 1. The maximum absolute atomic E-state index is 12.8. The fourth-order valence-corrected chi connectivity index (χ4v) is 1.20. The molecule has 0 saturated carbocycles. The van der Waals surface area contributed by atoms with Crippen molar-refractivity contribution in [3.05, 3.63) is 29.6 Å². The molecule has 0 fully saturated rings. The van der Waals surface area contributed by atoms with Crippen molar-refractivity contribution in [2.24, 2.45) is 5.73 Å². The van der Waals surface area contributed by atoms with E-state index in [-0.39, 0.29) is 17.7 Å². The maximum Gasteiger partial charge on any atom is 0.307 e. The number of carbonyl (C=O) groups is 1. The van der Waals surface area contributed by atoms with Gasteiger partial charge in [-0.2, -0.15) is 0 Å². The Hall–Kier alpha value is -1.62. The van der Waals surface area contributed by atoms with Crippen molar-refractivity contribution < 1.29 is 19.0 Å². The van der Waals surface area contributed by atoms with E-state index in [1.165, 1.54) is 13.2 Å². The second-order valence-corrected chi connectivity index (χ2v) is 3.09. The highest BCUT2D eigenvalue weighted by molar-refractivity contribution is 5.70. The second kappa shape index (κ2) is 4.75. The summed E-state index contributed by atoms with van der Waals surface area (Å²) in [5.41, 5.74) is 5.81. The number of methoxy groups -OCH3 is 1. The molecule has 3 N–H and O–H groups in total. The normalized spacial score (nSPS) is 12.2. The molecule has 0 bridgehead atoms. The number of hydrogen-bond acceptors (Lipinski definition) is 4. The zero-order valence-electron chi connectivity index (χ0n) is 8.24. The van der Waals surface area contributed by atoms with E-state index < -0.39 is 17.8 Å². The lowest BCUT2D eigenvalue weighted by molar-refractivity contribution is -0.141. The summed E-state index contributed by atoms with van der Waals surface area (Å²) >= 11 is 0. The number of aromatic hydroxyl groups is 1. The molecule has 0 heterocycles. The molecule has 1 aromatic carbocycles. The highest BCUT2D eigenvalue weighted by atomic mass is 19.1. The van der Waals surface area contributed by atoms with Crippen molar-refractivity contribution >= 4 is 5.97 Å². The number of carbonyl (C=O) groups excluding carboxylic acids is 1. The molecule has 5 heteroatoms. The number of phenolic OH excluding ortho intramolecular Hbond substituents is 1. The van der Waals surface area contributed by atoms with Gasteiger partial charge in [0, 0.05) is 11.6 Å². The Kier molecular flexibility index (Phi) is 3.62. The first kappa shape index (κ1) is 11.5. The van der Waals surface area contributed by atoms with Gasteiger partial charge < -0.3 is 15.6 Å². The highest BCUT2D eigenvalue weighted by Crippen LogP contribution is 2.25. The van der Waals surface area contributed by atoms with E-state index in [1.807, 2.05) is 0 Å². The maximum atomic E-state index is 12.8. The number of phenols is 1. The summed E-state index contributed by atoms with van der Waals surface area (Å²) in [6, 6.07) is 2.64. The van der Waals surface area contributed by atoms with E-state index in [9.17, 15) is 14.3 Å². The van der Waals surface area contributed by atoms with Gasteiger partial charge in [-0.1, -0.05) is 0 Å². The third-order valence-electron chi connectivity index (χ3n) is 2.00. The van der Waals surface area contributed by atoms with Crippen molar-refractivity contribution in [1.29, 1.82) is 0 Å². The van der Waals surface area contributed by atoms with Crippen LogP contribution in [0.25, 0.3) is 0 Å². The molecule has 4 nitrogen and oxygen atoms in total. The van der Waals surface area contributed by atoms with Crippen LogP contribution < -0.4 is 5.73 Å². The van der Waals surface area contributed by atoms with Gasteiger partial charge in [0.25, 0.3) is 0 Å². The smallest absolute Gasteiger partial charge is 0.307 e. The molecular weight excluding hydrogens is 201 g/mol. The van der Waals surface area contributed by atoms with E-state index in [0.29, 0.717) is 0 Å². The van der Waals surface area contributed by atoms with Crippen LogP contribution in [0.5, 0.6) is 5.75 Å². The summed E-state index contributed by atoms with van der Waals surface area (Å²) in [4.78, 5) is 10.9. The molecular formula is C10H12FNO3. The molecule has 0 spiro atoms. The standard InChI is InChI=1S/C10H12FNO3/c1-15-10(14)5-8(12)7-4-6(11)2-3-9(7)13/h2-4,8,13H,5,12H2,1H3/t8-/m0/s1. The first-order valence-electron chi connectivity index (χ1n) is 4.35. The third kappa shape index (κ3) is 2.92. The van der Waals surface area contributed by atoms with Crippen LogP contribution in [0.2, 0.25) is 0 Å². The second-order valence-electron chi connectivity index (χ2n) is 3.09. The van der Waals surface area contributed by atoms with Crippen LogP contribution in [0.1, 0.15) is 18.0 Å². The number of ether oxygens (including phenoxy) is 1. The number of rotatable bonds is 3. The minimum Gasteiger partial charge on any atom is -0.508 e. The molecule has 1 atom stereocenters. The van der Waals surface area contributed by atoms with Crippen LogP contribution in [-0.4, -0.2) is 18.2 Å². The van der Waals surface area contributed by atoms with Crippen molar-refractivity contribution in [3.8, 4) is 5.75 Å². The quantitative estimate of drug-likeness (QED) is 0.737. The molecule has 82 valence electrons. The van der Waals surface area contributed by atoms with Crippen molar-refractivity contribution in [2.45, 2.75) is 12.5 Å². The monoisotopic (exact) mass is 213 g/mol. The molecule has 0 unspecified atom stereocenters. The van der Waals surface area contributed by atoms with Crippen LogP contribution in [0, 0.1) is 5.82 Å². The molecule has 15 heavy (non-hydrogen) atoms. The predicted molar refractivity (Wildman–Crippen MR) is 51.6 cm³/mol. The zero-order valence-corrected chi connectivity index (χ0v) is 8.24. The van der Waals surface area contributed by atoms with Crippen LogP contribution in [-0.2, 0) is 9.53 Å². The van der Waals surface area contributed by atoms with Gasteiger partial charge >= 0.3 is 5.97 Å². The number of hydrogen-bond donors (Lipinski definition) is 2. The lowest BCUT2D eigenvalue weighted by Crippen LogP contribution is -2.16. The molecule has 0 aliphatic heterocycles. The van der Waals surface area contributed by atoms with Gasteiger partial charge in [-0.05, 0) is 18.2 Å². The number of benzene rings is 1. The fourth-order valence-electron chi connectivity index (χ4n) is 1.20. The minimum atomic E-state index is -0.770. The molecule has 0 aliphatic rings. The summed E-state index contributed by atoms with van der Waals surface area (Å²) in [6.07, 6.45) is -0.104. The molecule has 0 saturated heterocycles.